The lowest BCUT2D eigenvalue weighted by Crippen LogP contribution is -2.51. The molecule has 1 N–H and O–H groups in total. The zero-order chi connectivity index (χ0) is 14.1. The fraction of sp³-hybridized carbons (Fsp3) is 0.778. The minimum Gasteiger partial charge on any atom is -0.480 e. The van der Waals surface area contributed by atoms with Crippen LogP contribution < -0.4 is 0 Å². The van der Waals surface area contributed by atoms with Crippen molar-refractivity contribution >= 4 is 23.8 Å². The van der Waals surface area contributed by atoms with E-state index < -0.39 is 36.1 Å². The lowest BCUT2D eigenvalue weighted by Gasteiger charge is -2.30. The number of nitrogens with zero attached hydrogens (tertiary/aromatic N) is 2. The number of carbonyl (C=O) groups is 2. The molecule has 9 heteroatoms. The highest BCUT2D eigenvalue weighted by molar-refractivity contribution is 8.00. The highest BCUT2D eigenvalue weighted by Crippen LogP contribution is 2.30. The van der Waals surface area contributed by atoms with Gasteiger partial charge in [0, 0.05) is 12.8 Å². The van der Waals surface area contributed by atoms with Crippen LogP contribution in [0.5, 0.6) is 0 Å². The number of hydrogen-bond donors (Lipinski definition) is 1. The first-order valence-electron chi connectivity index (χ1n) is 5.08. The summed E-state index contributed by atoms with van der Waals surface area (Å²) in [6, 6.07) is -1.99. The molecule has 1 aliphatic rings. The van der Waals surface area contributed by atoms with E-state index in [4.69, 9.17) is 5.11 Å². The summed E-state index contributed by atoms with van der Waals surface area (Å²) < 4.78 is 36.5. The van der Waals surface area contributed by atoms with Crippen LogP contribution in [0, 0.1) is 0 Å². The maximum Gasteiger partial charge on any atom is 0.406 e. The van der Waals surface area contributed by atoms with Gasteiger partial charge in [0.25, 0.3) is 0 Å². The van der Waals surface area contributed by atoms with Crippen LogP contribution in [0.15, 0.2) is 0 Å². The molecule has 18 heavy (non-hydrogen) atoms. The highest BCUT2D eigenvalue weighted by Gasteiger charge is 2.42. The minimum atomic E-state index is -4.50. The smallest absolute Gasteiger partial charge is 0.406 e. The SMILES string of the molecule is CC1SCC(C(=O)O)N1C(=O)N(C)CC(F)(F)F. The lowest BCUT2D eigenvalue weighted by atomic mass is 10.3. The van der Waals surface area contributed by atoms with Crippen LogP contribution in [-0.2, 0) is 4.79 Å². The molecular formula is C9H13F3N2O3S. The zero-order valence-corrected chi connectivity index (χ0v) is 10.6. The summed E-state index contributed by atoms with van der Waals surface area (Å²) in [5.41, 5.74) is 0. The Hall–Kier alpha value is -1.12. The van der Waals surface area contributed by atoms with Crippen LogP contribution in [0.4, 0.5) is 18.0 Å². The third-order valence-corrected chi connectivity index (χ3v) is 3.69. The van der Waals surface area contributed by atoms with E-state index in [0.717, 1.165) is 11.9 Å². The number of rotatable bonds is 2. The molecule has 0 bridgehead atoms. The van der Waals surface area contributed by atoms with Gasteiger partial charge in [0.05, 0.1) is 5.37 Å². The first-order valence-corrected chi connectivity index (χ1v) is 6.13. The molecular weight excluding hydrogens is 273 g/mol. The quantitative estimate of drug-likeness (QED) is 0.834. The number of carbonyl (C=O) groups excluding carboxylic acids is 1. The molecule has 0 spiro atoms. The lowest BCUT2D eigenvalue weighted by molar-refractivity contribution is -0.143. The van der Waals surface area contributed by atoms with Crippen molar-refractivity contribution < 1.29 is 27.9 Å². The Morgan fingerprint density at radius 3 is 2.50 bits per heavy atom. The molecule has 1 heterocycles. The van der Waals surface area contributed by atoms with Gasteiger partial charge in [0.15, 0.2) is 0 Å². The Morgan fingerprint density at radius 2 is 2.06 bits per heavy atom. The van der Waals surface area contributed by atoms with E-state index in [9.17, 15) is 22.8 Å². The highest BCUT2D eigenvalue weighted by atomic mass is 32.2. The van der Waals surface area contributed by atoms with Crippen molar-refractivity contribution in [1.29, 1.82) is 0 Å². The fourth-order valence-electron chi connectivity index (χ4n) is 1.66. The van der Waals surface area contributed by atoms with Gasteiger partial charge in [-0.25, -0.2) is 9.59 Å². The molecule has 2 atom stereocenters. The number of amides is 2. The van der Waals surface area contributed by atoms with Crippen LogP contribution in [0.3, 0.4) is 0 Å². The van der Waals surface area contributed by atoms with Gasteiger partial charge in [0.1, 0.15) is 12.6 Å². The summed E-state index contributed by atoms with van der Waals surface area (Å²) >= 11 is 1.22. The third kappa shape index (κ3) is 3.44. The van der Waals surface area contributed by atoms with Gasteiger partial charge in [-0.15, -0.1) is 11.8 Å². The Labute approximate surface area is 106 Å². The van der Waals surface area contributed by atoms with Crippen molar-refractivity contribution in [2.45, 2.75) is 24.5 Å². The first-order chi connectivity index (χ1) is 8.13. The molecule has 1 fully saturated rings. The van der Waals surface area contributed by atoms with E-state index in [1.54, 1.807) is 6.92 Å². The Bertz CT molecular complexity index is 350. The van der Waals surface area contributed by atoms with Gasteiger partial charge >= 0.3 is 18.2 Å². The number of halogens is 3. The van der Waals surface area contributed by atoms with Crippen molar-refractivity contribution in [2.24, 2.45) is 0 Å². The van der Waals surface area contributed by atoms with Crippen molar-refractivity contribution in [3.8, 4) is 0 Å². The number of thioether (sulfide) groups is 1. The second kappa shape index (κ2) is 5.25. The average molecular weight is 286 g/mol. The normalized spacial score (nSPS) is 24.2. The number of carboxylic acids is 1. The minimum absolute atomic E-state index is 0.183. The van der Waals surface area contributed by atoms with Crippen molar-refractivity contribution in [1.82, 2.24) is 9.80 Å². The van der Waals surface area contributed by atoms with Crippen LogP contribution >= 0.6 is 11.8 Å². The number of aliphatic carboxylic acids is 1. The summed E-state index contributed by atoms with van der Waals surface area (Å²) in [4.78, 5) is 24.2. The van der Waals surface area contributed by atoms with Crippen LogP contribution in [-0.4, -0.2) is 63.8 Å². The van der Waals surface area contributed by atoms with Gasteiger partial charge in [-0.3, -0.25) is 4.90 Å². The van der Waals surface area contributed by atoms with Crippen LogP contribution in [0.2, 0.25) is 0 Å². The second-order valence-corrected chi connectivity index (χ2v) is 5.30. The molecule has 0 aromatic carbocycles. The molecule has 0 aromatic rings. The van der Waals surface area contributed by atoms with E-state index >= 15 is 0 Å². The van der Waals surface area contributed by atoms with E-state index in [-0.39, 0.29) is 5.75 Å². The number of alkyl halides is 3. The van der Waals surface area contributed by atoms with Crippen LogP contribution in [0.1, 0.15) is 6.92 Å². The molecule has 5 nitrogen and oxygen atoms in total. The molecule has 104 valence electrons. The van der Waals surface area contributed by atoms with E-state index in [0.29, 0.717) is 4.90 Å². The largest absolute Gasteiger partial charge is 0.480 e. The molecule has 0 aliphatic carbocycles. The molecule has 0 radical (unpaired) electrons. The standard InChI is InChI=1S/C9H13F3N2O3S/c1-5-14(6(3-18-5)7(15)16)8(17)13(2)4-9(10,11)12/h5-6H,3-4H2,1-2H3,(H,15,16). The summed E-state index contributed by atoms with van der Waals surface area (Å²) in [7, 11) is 1.00. The number of carboxylic acid groups (broad SMARTS) is 1. The van der Waals surface area contributed by atoms with Gasteiger partial charge in [-0.05, 0) is 6.92 Å². The monoisotopic (exact) mass is 286 g/mol. The Balaban J connectivity index is 2.78. The average Bonchev–Trinajstić information content (AvgIpc) is 2.56. The number of urea groups is 1. The molecule has 2 amide bonds. The van der Waals surface area contributed by atoms with Crippen LogP contribution in [0.25, 0.3) is 0 Å². The summed E-state index contributed by atoms with van der Waals surface area (Å²) in [5, 5.41) is 8.47. The van der Waals surface area contributed by atoms with Crippen molar-refractivity contribution in [3.63, 3.8) is 0 Å². The molecule has 1 rings (SSSR count). The maximum atomic E-state index is 12.2. The predicted octanol–water partition coefficient (Wildman–Crippen LogP) is 1.45. The molecule has 1 saturated heterocycles. The van der Waals surface area contributed by atoms with E-state index in [1.807, 2.05) is 0 Å². The zero-order valence-electron chi connectivity index (χ0n) is 9.77. The van der Waals surface area contributed by atoms with Gasteiger partial charge in [-0.2, -0.15) is 13.2 Å². The molecule has 1 aliphatic heterocycles. The maximum absolute atomic E-state index is 12.2. The first kappa shape index (κ1) is 14.9. The summed E-state index contributed by atoms with van der Waals surface area (Å²) in [5.74, 6) is -1.03. The topological polar surface area (TPSA) is 60.9 Å². The fourth-order valence-corrected chi connectivity index (χ4v) is 2.82. The van der Waals surface area contributed by atoms with Gasteiger partial charge < -0.3 is 10.0 Å². The Kier molecular flexibility index (Phi) is 4.36. The van der Waals surface area contributed by atoms with E-state index in [2.05, 4.69) is 0 Å². The number of hydrogen-bond acceptors (Lipinski definition) is 3. The summed E-state index contributed by atoms with van der Waals surface area (Å²) in [6.45, 7) is 0.193. The molecule has 0 aromatic heterocycles. The Morgan fingerprint density at radius 1 is 1.50 bits per heavy atom. The molecule has 2 unspecified atom stereocenters. The summed E-state index contributed by atoms with van der Waals surface area (Å²) in [6.07, 6.45) is -4.50. The second-order valence-electron chi connectivity index (χ2n) is 3.95. The third-order valence-electron chi connectivity index (χ3n) is 2.47. The van der Waals surface area contributed by atoms with E-state index in [1.165, 1.54) is 11.8 Å². The van der Waals surface area contributed by atoms with Crippen molar-refractivity contribution in [2.75, 3.05) is 19.3 Å². The van der Waals surface area contributed by atoms with Crippen molar-refractivity contribution in [3.05, 3.63) is 0 Å². The predicted molar refractivity (Wildman–Crippen MR) is 59.3 cm³/mol. The van der Waals surface area contributed by atoms with Gasteiger partial charge in [0.2, 0.25) is 0 Å². The molecule has 0 saturated carbocycles. The van der Waals surface area contributed by atoms with Gasteiger partial charge in [-0.1, -0.05) is 0 Å².